The van der Waals surface area contributed by atoms with Gasteiger partial charge in [0.25, 0.3) is 0 Å². The summed E-state index contributed by atoms with van der Waals surface area (Å²) >= 11 is 12.0. The molecule has 0 aliphatic carbocycles. The van der Waals surface area contributed by atoms with Crippen molar-refractivity contribution in [2.45, 2.75) is 13.0 Å². The minimum absolute atomic E-state index is 0.563. The van der Waals surface area contributed by atoms with Gasteiger partial charge >= 0.3 is 0 Å². The molecule has 0 unspecified atom stereocenters. The normalized spacial score (nSPS) is 10.8. The molecule has 0 amide bonds. The second-order valence-electron chi connectivity index (χ2n) is 5.10. The summed E-state index contributed by atoms with van der Waals surface area (Å²) in [6.07, 6.45) is 4.45. The molecule has 0 aliphatic heterocycles. The molecule has 22 heavy (non-hydrogen) atoms. The Morgan fingerprint density at radius 1 is 1.05 bits per heavy atom. The first-order chi connectivity index (χ1) is 10.6. The minimum atomic E-state index is 0.563. The summed E-state index contributed by atoms with van der Waals surface area (Å²) in [5.41, 5.74) is 8.94. The van der Waals surface area contributed by atoms with Crippen LogP contribution >= 0.6 is 23.2 Å². The Bertz CT molecular complexity index is 796. The van der Waals surface area contributed by atoms with Crippen molar-refractivity contribution in [1.29, 1.82) is 0 Å². The van der Waals surface area contributed by atoms with E-state index in [1.807, 2.05) is 48.7 Å². The number of nitrogens with zero attached hydrogens (tertiary/aromatic N) is 2. The van der Waals surface area contributed by atoms with Gasteiger partial charge in [-0.05, 0) is 29.3 Å². The third kappa shape index (κ3) is 3.26. The lowest BCUT2D eigenvalue weighted by Crippen LogP contribution is -2.06. The largest absolute Gasteiger partial charge is 0.398 e. The van der Waals surface area contributed by atoms with Gasteiger partial charge in [-0.1, -0.05) is 47.5 Å². The number of hydrogen-bond acceptors (Lipinski definition) is 2. The van der Waals surface area contributed by atoms with E-state index in [1.165, 1.54) is 0 Å². The molecule has 0 spiro atoms. The molecule has 3 nitrogen and oxygen atoms in total. The molecule has 3 rings (SSSR count). The van der Waals surface area contributed by atoms with Gasteiger partial charge < -0.3 is 10.3 Å². The van der Waals surface area contributed by atoms with Gasteiger partial charge in [0.15, 0.2) is 0 Å². The number of benzene rings is 2. The fourth-order valence-corrected chi connectivity index (χ4v) is 2.67. The fraction of sp³-hybridized carbons (Fsp3) is 0.118. The van der Waals surface area contributed by atoms with E-state index < -0.39 is 0 Å². The van der Waals surface area contributed by atoms with Crippen LogP contribution in [0.2, 0.25) is 10.0 Å². The predicted octanol–water partition coefficient (Wildman–Crippen LogP) is 4.41. The van der Waals surface area contributed by atoms with Crippen molar-refractivity contribution < 1.29 is 0 Å². The lowest BCUT2D eigenvalue weighted by atomic mass is 10.1. The molecule has 0 saturated carbocycles. The molecule has 0 aliphatic rings. The van der Waals surface area contributed by atoms with Crippen molar-refractivity contribution in [3.8, 4) is 0 Å². The Morgan fingerprint density at radius 2 is 1.86 bits per heavy atom. The van der Waals surface area contributed by atoms with E-state index in [9.17, 15) is 0 Å². The number of nitrogen functional groups attached to an aromatic ring is 1. The molecule has 0 saturated heterocycles. The Kier molecular flexibility index (Phi) is 4.36. The molecule has 3 aromatic rings. The first-order valence-electron chi connectivity index (χ1n) is 6.91. The molecule has 2 N–H and O–H groups in total. The fourth-order valence-electron chi connectivity index (χ4n) is 2.35. The first-order valence-corrected chi connectivity index (χ1v) is 7.66. The SMILES string of the molecule is Nc1ccccc1Cc1nccn1Cc1ccc(Cl)c(Cl)c1. The molecular formula is C17H15Cl2N3. The summed E-state index contributed by atoms with van der Waals surface area (Å²) in [5, 5.41) is 1.13. The van der Waals surface area contributed by atoms with E-state index in [0.29, 0.717) is 23.0 Å². The van der Waals surface area contributed by atoms with Gasteiger partial charge in [0.1, 0.15) is 5.82 Å². The molecule has 5 heteroatoms. The van der Waals surface area contributed by atoms with Crippen LogP contribution in [-0.2, 0) is 13.0 Å². The lowest BCUT2D eigenvalue weighted by Gasteiger charge is -2.10. The summed E-state index contributed by atoms with van der Waals surface area (Å²) in [6, 6.07) is 13.5. The quantitative estimate of drug-likeness (QED) is 0.719. The molecule has 0 atom stereocenters. The number of aromatic nitrogens is 2. The minimum Gasteiger partial charge on any atom is -0.398 e. The molecule has 0 fully saturated rings. The third-order valence-corrected chi connectivity index (χ3v) is 4.28. The number of halogens is 2. The highest BCUT2D eigenvalue weighted by Gasteiger charge is 2.08. The van der Waals surface area contributed by atoms with Crippen LogP contribution in [0.4, 0.5) is 5.69 Å². The van der Waals surface area contributed by atoms with E-state index >= 15 is 0 Å². The molecule has 0 radical (unpaired) electrons. The number of rotatable bonds is 4. The third-order valence-electron chi connectivity index (χ3n) is 3.54. The maximum absolute atomic E-state index is 6.07. The highest BCUT2D eigenvalue weighted by Crippen LogP contribution is 2.23. The monoisotopic (exact) mass is 331 g/mol. The Labute approximate surface area is 139 Å². The topological polar surface area (TPSA) is 43.8 Å². The second kappa shape index (κ2) is 6.42. The van der Waals surface area contributed by atoms with Crippen LogP contribution < -0.4 is 5.73 Å². The number of nitrogens with two attached hydrogens (primary N) is 1. The Morgan fingerprint density at radius 3 is 2.64 bits per heavy atom. The Balaban J connectivity index is 1.83. The van der Waals surface area contributed by atoms with Gasteiger partial charge in [0.05, 0.1) is 10.0 Å². The van der Waals surface area contributed by atoms with E-state index in [4.69, 9.17) is 28.9 Å². The van der Waals surface area contributed by atoms with Crippen LogP contribution in [-0.4, -0.2) is 9.55 Å². The smallest absolute Gasteiger partial charge is 0.113 e. The molecule has 112 valence electrons. The van der Waals surface area contributed by atoms with Crippen LogP contribution in [0.15, 0.2) is 54.9 Å². The van der Waals surface area contributed by atoms with E-state index in [2.05, 4.69) is 9.55 Å². The van der Waals surface area contributed by atoms with E-state index in [-0.39, 0.29) is 0 Å². The standard InChI is InChI=1S/C17H15Cl2N3/c18-14-6-5-12(9-15(14)19)11-22-8-7-21-17(22)10-13-3-1-2-4-16(13)20/h1-9H,10-11,20H2. The van der Waals surface area contributed by atoms with E-state index in [0.717, 1.165) is 22.6 Å². The highest BCUT2D eigenvalue weighted by atomic mass is 35.5. The molecule has 0 bridgehead atoms. The van der Waals surface area contributed by atoms with Crippen LogP contribution in [0.1, 0.15) is 17.0 Å². The van der Waals surface area contributed by atoms with Gasteiger partial charge in [-0.15, -0.1) is 0 Å². The van der Waals surface area contributed by atoms with Crippen LogP contribution in [0.25, 0.3) is 0 Å². The summed E-state index contributed by atoms with van der Waals surface area (Å²) in [7, 11) is 0. The van der Waals surface area contributed by atoms with Gasteiger partial charge in [-0.2, -0.15) is 0 Å². The zero-order chi connectivity index (χ0) is 15.5. The second-order valence-corrected chi connectivity index (χ2v) is 5.91. The van der Waals surface area contributed by atoms with Gasteiger partial charge in [-0.25, -0.2) is 4.98 Å². The van der Waals surface area contributed by atoms with Crippen molar-refractivity contribution in [2.24, 2.45) is 0 Å². The van der Waals surface area contributed by atoms with Crippen molar-refractivity contribution in [3.05, 3.63) is 81.9 Å². The number of hydrogen-bond donors (Lipinski definition) is 1. The molecular weight excluding hydrogens is 317 g/mol. The van der Waals surface area contributed by atoms with Gasteiger partial charge in [0, 0.05) is 31.0 Å². The highest BCUT2D eigenvalue weighted by molar-refractivity contribution is 6.42. The predicted molar refractivity (Wildman–Crippen MR) is 91.5 cm³/mol. The van der Waals surface area contributed by atoms with Crippen molar-refractivity contribution >= 4 is 28.9 Å². The average Bonchev–Trinajstić information content (AvgIpc) is 2.92. The lowest BCUT2D eigenvalue weighted by molar-refractivity contribution is 0.741. The van der Waals surface area contributed by atoms with Gasteiger partial charge in [-0.3, -0.25) is 0 Å². The number of anilines is 1. The maximum Gasteiger partial charge on any atom is 0.113 e. The zero-order valence-electron chi connectivity index (χ0n) is 11.8. The molecule has 2 aromatic carbocycles. The van der Waals surface area contributed by atoms with Crippen molar-refractivity contribution in [2.75, 3.05) is 5.73 Å². The average molecular weight is 332 g/mol. The summed E-state index contributed by atoms with van der Waals surface area (Å²) < 4.78 is 2.09. The summed E-state index contributed by atoms with van der Waals surface area (Å²) in [6.45, 7) is 0.693. The molecule has 1 heterocycles. The zero-order valence-corrected chi connectivity index (χ0v) is 13.3. The van der Waals surface area contributed by atoms with E-state index in [1.54, 1.807) is 6.20 Å². The Hall–Kier alpha value is -1.97. The van der Waals surface area contributed by atoms with Crippen molar-refractivity contribution in [3.63, 3.8) is 0 Å². The molecule has 1 aromatic heterocycles. The number of para-hydroxylation sites is 1. The van der Waals surface area contributed by atoms with Crippen LogP contribution in [0.5, 0.6) is 0 Å². The van der Waals surface area contributed by atoms with Crippen LogP contribution in [0, 0.1) is 0 Å². The maximum atomic E-state index is 6.07. The number of imidazole rings is 1. The van der Waals surface area contributed by atoms with Gasteiger partial charge in [0.2, 0.25) is 0 Å². The summed E-state index contributed by atoms with van der Waals surface area (Å²) in [5.74, 6) is 0.962. The van der Waals surface area contributed by atoms with Crippen molar-refractivity contribution in [1.82, 2.24) is 9.55 Å². The summed E-state index contributed by atoms with van der Waals surface area (Å²) in [4.78, 5) is 4.44. The first kappa shape index (κ1) is 14.9. The van der Waals surface area contributed by atoms with Crippen LogP contribution in [0.3, 0.4) is 0 Å².